The molecule has 13 heavy (non-hydrogen) atoms. The van der Waals surface area contributed by atoms with Crippen LogP contribution in [0.3, 0.4) is 0 Å². The molecule has 0 aromatic rings. The minimum absolute atomic E-state index is 0.129. The maximum absolute atomic E-state index is 11.1. The lowest BCUT2D eigenvalue weighted by molar-refractivity contribution is -0.128. The summed E-state index contributed by atoms with van der Waals surface area (Å²) in [6.45, 7) is 3.59. The molecule has 0 spiro atoms. The van der Waals surface area contributed by atoms with Crippen LogP contribution in [0, 0.1) is 5.92 Å². The van der Waals surface area contributed by atoms with Crippen molar-refractivity contribution in [2.45, 2.75) is 13.3 Å². The molecule has 1 unspecified atom stereocenters. The largest absolute Gasteiger partial charge is 0.396 e. The molecule has 78 valence electrons. The minimum atomic E-state index is 0.129. The fourth-order valence-corrected chi connectivity index (χ4v) is 0.832. The Hall–Kier alpha value is -0.610. The first-order valence-electron chi connectivity index (χ1n) is 4.59. The quantitative estimate of drug-likeness (QED) is 0.562. The zero-order valence-corrected chi connectivity index (χ0v) is 8.71. The average Bonchev–Trinajstić information content (AvgIpc) is 2.11. The van der Waals surface area contributed by atoms with Gasteiger partial charge in [-0.3, -0.25) is 4.79 Å². The molecule has 0 heterocycles. The summed E-state index contributed by atoms with van der Waals surface area (Å²) in [6, 6.07) is 0. The monoisotopic (exact) mass is 188 g/mol. The first kappa shape index (κ1) is 12.4. The molecule has 0 fully saturated rings. The first-order chi connectivity index (χ1) is 6.07. The third-order valence-corrected chi connectivity index (χ3v) is 1.82. The number of carbonyl (C=O) groups is 1. The molecule has 0 aromatic carbocycles. The van der Waals surface area contributed by atoms with Gasteiger partial charge in [-0.15, -0.1) is 0 Å². The summed E-state index contributed by atoms with van der Waals surface area (Å²) < 4.78 is 0. The lowest BCUT2D eigenvalue weighted by atomic mass is 10.2. The van der Waals surface area contributed by atoms with Crippen molar-refractivity contribution in [2.24, 2.45) is 5.92 Å². The lowest BCUT2D eigenvalue weighted by Crippen LogP contribution is -2.29. The summed E-state index contributed by atoms with van der Waals surface area (Å²) in [6.07, 6.45) is 0.519. The fourth-order valence-electron chi connectivity index (χ4n) is 0.832. The van der Waals surface area contributed by atoms with E-state index in [2.05, 4.69) is 5.32 Å². The Morgan fingerprint density at radius 3 is 2.62 bits per heavy atom. The van der Waals surface area contributed by atoms with Crippen LogP contribution in [0.5, 0.6) is 0 Å². The molecule has 0 rings (SSSR count). The van der Waals surface area contributed by atoms with Gasteiger partial charge in [0.05, 0.1) is 0 Å². The highest BCUT2D eigenvalue weighted by molar-refractivity contribution is 5.75. The van der Waals surface area contributed by atoms with Gasteiger partial charge in [0.2, 0.25) is 5.91 Å². The molecule has 2 N–H and O–H groups in total. The van der Waals surface area contributed by atoms with Gasteiger partial charge in [0, 0.05) is 33.7 Å². The van der Waals surface area contributed by atoms with E-state index in [0.717, 1.165) is 6.54 Å². The number of aliphatic hydroxyl groups is 1. The van der Waals surface area contributed by atoms with Gasteiger partial charge in [-0.25, -0.2) is 0 Å². The number of hydrogen-bond donors (Lipinski definition) is 2. The Labute approximate surface area is 79.9 Å². The highest BCUT2D eigenvalue weighted by Crippen LogP contribution is 1.90. The third kappa shape index (κ3) is 6.54. The molecule has 0 aromatic heterocycles. The highest BCUT2D eigenvalue weighted by Gasteiger charge is 2.03. The van der Waals surface area contributed by atoms with Crippen LogP contribution in [0.15, 0.2) is 0 Å². The van der Waals surface area contributed by atoms with Crippen LogP contribution in [-0.4, -0.2) is 49.7 Å². The summed E-state index contributed by atoms with van der Waals surface area (Å²) >= 11 is 0. The molecule has 0 radical (unpaired) electrons. The van der Waals surface area contributed by atoms with E-state index >= 15 is 0 Å². The molecule has 0 saturated heterocycles. The van der Waals surface area contributed by atoms with Crippen molar-refractivity contribution in [2.75, 3.05) is 33.8 Å². The van der Waals surface area contributed by atoms with E-state index in [9.17, 15) is 4.79 Å². The van der Waals surface area contributed by atoms with E-state index in [-0.39, 0.29) is 18.4 Å². The van der Waals surface area contributed by atoms with Crippen molar-refractivity contribution >= 4 is 5.91 Å². The predicted molar refractivity (Wildman–Crippen MR) is 52.4 cm³/mol. The molecule has 4 heteroatoms. The number of aliphatic hydroxyl groups excluding tert-OH is 1. The maximum Gasteiger partial charge on any atom is 0.223 e. The lowest BCUT2D eigenvalue weighted by Gasteiger charge is -2.12. The van der Waals surface area contributed by atoms with Crippen LogP contribution in [-0.2, 0) is 4.79 Å². The SMILES string of the molecule is CC(CO)CNCCC(=O)N(C)C. The normalized spacial score (nSPS) is 12.6. The molecule has 0 aliphatic carbocycles. The smallest absolute Gasteiger partial charge is 0.223 e. The molecule has 1 atom stereocenters. The van der Waals surface area contributed by atoms with Crippen LogP contribution in [0.2, 0.25) is 0 Å². The topological polar surface area (TPSA) is 52.6 Å². The summed E-state index contributed by atoms with van der Waals surface area (Å²) in [5.41, 5.74) is 0. The van der Waals surface area contributed by atoms with E-state index in [0.29, 0.717) is 13.0 Å². The predicted octanol–water partition coefficient (Wildman–Crippen LogP) is -0.317. The van der Waals surface area contributed by atoms with Gasteiger partial charge in [-0.05, 0) is 12.5 Å². The molecular weight excluding hydrogens is 168 g/mol. The minimum Gasteiger partial charge on any atom is -0.396 e. The van der Waals surface area contributed by atoms with E-state index in [1.54, 1.807) is 19.0 Å². The summed E-state index contributed by atoms with van der Waals surface area (Å²) in [5.74, 6) is 0.388. The molecule has 0 aliphatic rings. The maximum atomic E-state index is 11.1. The number of rotatable bonds is 6. The van der Waals surface area contributed by atoms with Crippen molar-refractivity contribution in [3.8, 4) is 0 Å². The van der Waals surface area contributed by atoms with E-state index in [1.165, 1.54) is 0 Å². The van der Waals surface area contributed by atoms with Crippen LogP contribution in [0.4, 0.5) is 0 Å². The van der Waals surface area contributed by atoms with E-state index in [1.807, 2.05) is 6.92 Å². The Morgan fingerprint density at radius 1 is 1.54 bits per heavy atom. The summed E-state index contributed by atoms with van der Waals surface area (Å²) in [7, 11) is 3.50. The van der Waals surface area contributed by atoms with Gasteiger partial charge >= 0.3 is 0 Å². The molecular formula is C9H20N2O2. The van der Waals surface area contributed by atoms with Gasteiger partial charge in [-0.1, -0.05) is 6.92 Å². The van der Waals surface area contributed by atoms with Crippen molar-refractivity contribution < 1.29 is 9.90 Å². The number of hydrogen-bond acceptors (Lipinski definition) is 3. The van der Waals surface area contributed by atoms with E-state index in [4.69, 9.17) is 5.11 Å². The van der Waals surface area contributed by atoms with Crippen LogP contribution in [0.1, 0.15) is 13.3 Å². The fraction of sp³-hybridized carbons (Fsp3) is 0.889. The van der Waals surface area contributed by atoms with Gasteiger partial charge in [0.15, 0.2) is 0 Å². The Kier molecular flexibility index (Phi) is 6.54. The van der Waals surface area contributed by atoms with Crippen LogP contribution in [0.25, 0.3) is 0 Å². The zero-order chi connectivity index (χ0) is 10.3. The zero-order valence-electron chi connectivity index (χ0n) is 8.71. The molecule has 0 bridgehead atoms. The first-order valence-corrected chi connectivity index (χ1v) is 4.59. The van der Waals surface area contributed by atoms with E-state index < -0.39 is 0 Å². The van der Waals surface area contributed by atoms with Gasteiger partial charge < -0.3 is 15.3 Å². The second-order valence-electron chi connectivity index (χ2n) is 3.53. The van der Waals surface area contributed by atoms with Gasteiger partial charge in [0.25, 0.3) is 0 Å². The van der Waals surface area contributed by atoms with Gasteiger partial charge in [-0.2, -0.15) is 0 Å². The number of amides is 1. The molecule has 0 saturated carbocycles. The van der Waals surface area contributed by atoms with Gasteiger partial charge in [0.1, 0.15) is 0 Å². The second-order valence-corrected chi connectivity index (χ2v) is 3.53. The Morgan fingerprint density at radius 2 is 2.15 bits per heavy atom. The van der Waals surface area contributed by atoms with Crippen molar-refractivity contribution in [1.82, 2.24) is 10.2 Å². The molecule has 0 aliphatic heterocycles. The standard InChI is InChI=1S/C9H20N2O2/c1-8(7-12)6-10-5-4-9(13)11(2)3/h8,10,12H,4-7H2,1-3H3. The summed E-state index contributed by atoms with van der Waals surface area (Å²) in [5, 5.41) is 11.8. The Balaban J connectivity index is 3.31. The number of nitrogens with one attached hydrogen (secondary N) is 1. The van der Waals surface area contributed by atoms with Crippen molar-refractivity contribution in [1.29, 1.82) is 0 Å². The molecule has 1 amide bonds. The summed E-state index contributed by atoms with van der Waals surface area (Å²) in [4.78, 5) is 12.7. The third-order valence-electron chi connectivity index (χ3n) is 1.82. The van der Waals surface area contributed by atoms with Crippen molar-refractivity contribution in [3.05, 3.63) is 0 Å². The van der Waals surface area contributed by atoms with Crippen LogP contribution >= 0.6 is 0 Å². The highest BCUT2D eigenvalue weighted by atomic mass is 16.3. The average molecular weight is 188 g/mol. The van der Waals surface area contributed by atoms with Crippen molar-refractivity contribution in [3.63, 3.8) is 0 Å². The second kappa shape index (κ2) is 6.86. The Bertz CT molecular complexity index is 149. The molecule has 4 nitrogen and oxygen atoms in total. The van der Waals surface area contributed by atoms with Crippen LogP contribution < -0.4 is 5.32 Å². The number of nitrogens with zero attached hydrogens (tertiary/aromatic N) is 1. The number of carbonyl (C=O) groups excluding carboxylic acids is 1.